The van der Waals surface area contributed by atoms with E-state index in [4.69, 9.17) is 14.7 Å². The maximum absolute atomic E-state index is 12.9. The average Bonchev–Trinajstić information content (AvgIpc) is 3.86. The van der Waals surface area contributed by atoms with Crippen molar-refractivity contribution < 1.29 is 19.4 Å². The van der Waals surface area contributed by atoms with Gasteiger partial charge in [-0.2, -0.15) is 0 Å². The minimum atomic E-state index is -0.889. The molecule has 2 amide bonds. The second kappa shape index (κ2) is 11.4. The number of benzene rings is 1. The molecule has 258 valence electrons. The molecule has 3 aliphatic carbocycles. The Balaban J connectivity index is 1.08. The van der Waals surface area contributed by atoms with Crippen LogP contribution in [0.25, 0.3) is 11.3 Å². The second-order valence-corrected chi connectivity index (χ2v) is 16.9. The number of carbonyl (C=O) groups excluding carboxylic acids is 1. The number of nitrogens with one attached hydrogen (secondary N) is 2. The monoisotopic (exact) mass is 656 g/mol. The number of nitrogens with zero attached hydrogens (tertiary/aromatic N) is 4. The van der Waals surface area contributed by atoms with Crippen LogP contribution in [0.5, 0.6) is 0 Å². The fourth-order valence-corrected chi connectivity index (χ4v) is 9.54. The molecule has 10 nitrogen and oxygen atoms in total. The number of hydrogen-bond donors (Lipinski definition) is 3. The topological polar surface area (TPSA) is 127 Å². The van der Waals surface area contributed by atoms with Gasteiger partial charge in [-0.1, -0.05) is 39.0 Å². The van der Waals surface area contributed by atoms with Gasteiger partial charge in [0.15, 0.2) is 0 Å². The van der Waals surface area contributed by atoms with Crippen molar-refractivity contribution in [2.75, 3.05) is 13.1 Å². The van der Waals surface area contributed by atoms with Crippen LogP contribution in [0.1, 0.15) is 135 Å². The summed E-state index contributed by atoms with van der Waals surface area (Å²) in [5.41, 5.74) is 3.32. The van der Waals surface area contributed by atoms with E-state index in [1.807, 2.05) is 38.1 Å². The molecule has 48 heavy (non-hydrogen) atoms. The lowest BCUT2D eigenvalue weighted by molar-refractivity contribution is 0.0213. The summed E-state index contributed by atoms with van der Waals surface area (Å²) in [4.78, 5) is 45.7. The zero-order chi connectivity index (χ0) is 34.1. The zero-order valence-corrected chi connectivity index (χ0v) is 29.5. The molecular weight excluding hydrogens is 604 g/mol. The normalized spacial score (nSPS) is 29.1. The number of aromatic nitrogens is 4. The lowest BCUT2D eigenvalue weighted by Gasteiger charge is -2.53. The van der Waals surface area contributed by atoms with Crippen molar-refractivity contribution in [3.05, 3.63) is 59.6 Å². The van der Waals surface area contributed by atoms with Crippen molar-refractivity contribution in [1.29, 1.82) is 0 Å². The minimum absolute atomic E-state index is 0.0684. The molecule has 0 spiro atoms. The lowest BCUT2D eigenvalue weighted by Crippen LogP contribution is -2.53. The molecule has 8 rings (SSSR count). The van der Waals surface area contributed by atoms with Gasteiger partial charge < -0.3 is 19.8 Å². The maximum atomic E-state index is 12.9. The van der Waals surface area contributed by atoms with E-state index in [1.165, 1.54) is 11.3 Å². The first-order valence-electron chi connectivity index (χ1n) is 17.9. The third-order valence-electron chi connectivity index (χ3n) is 12.2. The molecule has 2 aliphatic heterocycles. The number of H-pyrrole nitrogens is 2. The number of hydrogen-bond acceptors (Lipinski definition) is 5. The third-order valence-corrected chi connectivity index (χ3v) is 12.2. The lowest BCUT2D eigenvalue weighted by atomic mass is 9.51. The molecule has 2 bridgehead atoms. The summed E-state index contributed by atoms with van der Waals surface area (Å²) in [7, 11) is 0. The summed E-state index contributed by atoms with van der Waals surface area (Å²) in [5, 5.41) is 10.1. The minimum Gasteiger partial charge on any atom is -0.465 e. The largest absolute Gasteiger partial charge is 0.465 e. The summed E-state index contributed by atoms with van der Waals surface area (Å²) in [6.45, 7) is 13.3. The number of likely N-dealkylation sites (tertiary alicyclic amines) is 2. The smallest absolute Gasteiger partial charge is 0.410 e. The van der Waals surface area contributed by atoms with E-state index in [1.54, 1.807) is 4.90 Å². The van der Waals surface area contributed by atoms with E-state index < -0.39 is 17.2 Å². The van der Waals surface area contributed by atoms with Gasteiger partial charge in [-0.15, -0.1) is 0 Å². The number of fused-ring (bicyclic) bond motifs is 3. The highest BCUT2D eigenvalue weighted by Crippen LogP contribution is 2.59. The van der Waals surface area contributed by atoms with Crippen molar-refractivity contribution in [2.24, 2.45) is 5.41 Å². The number of rotatable bonds is 5. The molecule has 2 unspecified atom stereocenters. The maximum Gasteiger partial charge on any atom is 0.410 e. The van der Waals surface area contributed by atoms with Gasteiger partial charge >= 0.3 is 12.2 Å². The van der Waals surface area contributed by atoms with Gasteiger partial charge in [0.2, 0.25) is 0 Å². The van der Waals surface area contributed by atoms with Crippen LogP contribution >= 0.6 is 0 Å². The first-order chi connectivity index (χ1) is 22.7. The second-order valence-electron chi connectivity index (χ2n) is 16.9. The van der Waals surface area contributed by atoms with E-state index in [0.717, 1.165) is 87.1 Å². The van der Waals surface area contributed by atoms with Crippen molar-refractivity contribution in [3.63, 3.8) is 0 Å². The number of imidazole rings is 2. The van der Waals surface area contributed by atoms with Gasteiger partial charge in [0.05, 0.1) is 17.9 Å². The Bertz CT molecular complexity index is 1670. The molecule has 0 radical (unpaired) electrons. The highest BCUT2D eigenvalue weighted by Gasteiger charge is 2.55. The molecule has 4 heterocycles. The van der Waals surface area contributed by atoms with E-state index in [9.17, 15) is 14.7 Å². The Morgan fingerprint density at radius 3 is 2.27 bits per heavy atom. The fourth-order valence-electron chi connectivity index (χ4n) is 9.54. The van der Waals surface area contributed by atoms with E-state index in [2.05, 4.69) is 55.0 Å². The van der Waals surface area contributed by atoms with Crippen LogP contribution in [-0.4, -0.2) is 65.7 Å². The number of aromatic amines is 2. The van der Waals surface area contributed by atoms with E-state index in [-0.39, 0.29) is 28.4 Å². The van der Waals surface area contributed by atoms with Gasteiger partial charge in [0.1, 0.15) is 22.8 Å². The molecule has 2 aromatic heterocycles. The molecule has 3 aromatic rings. The number of carbonyl (C=O) groups is 2. The van der Waals surface area contributed by atoms with Crippen molar-refractivity contribution in [2.45, 2.75) is 134 Å². The molecule has 2 saturated heterocycles. The first kappa shape index (κ1) is 32.7. The van der Waals surface area contributed by atoms with E-state index in [0.29, 0.717) is 13.1 Å². The third kappa shape index (κ3) is 5.30. The Hall–Kier alpha value is -3.82. The first-order valence-corrected chi connectivity index (χ1v) is 17.9. The van der Waals surface area contributed by atoms with E-state index >= 15 is 0 Å². The van der Waals surface area contributed by atoms with Crippen molar-refractivity contribution >= 4 is 12.2 Å². The van der Waals surface area contributed by atoms with Gasteiger partial charge in [0, 0.05) is 30.4 Å². The van der Waals surface area contributed by atoms with Crippen LogP contribution in [0.2, 0.25) is 0 Å². The predicted molar refractivity (Wildman–Crippen MR) is 184 cm³/mol. The number of carboxylic acid groups (broad SMARTS) is 1. The summed E-state index contributed by atoms with van der Waals surface area (Å²) < 4.78 is 5.71. The molecule has 2 atom stereocenters. The molecule has 5 fully saturated rings. The summed E-state index contributed by atoms with van der Waals surface area (Å²) in [5.74, 6) is 1.62. The molecule has 5 aliphatic rings. The Kier molecular flexibility index (Phi) is 7.75. The summed E-state index contributed by atoms with van der Waals surface area (Å²) >= 11 is 0. The zero-order valence-electron chi connectivity index (χ0n) is 29.5. The van der Waals surface area contributed by atoms with Gasteiger partial charge in [-0.25, -0.2) is 19.6 Å². The van der Waals surface area contributed by atoms with Gasteiger partial charge in [0.25, 0.3) is 0 Å². The Labute approximate surface area is 284 Å². The summed E-state index contributed by atoms with van der Waals surface area (Å²) in [6, 6.07) is 8.85. The fraction of sp³-hybridized carbons (Fsp3) is 0.632. The predicted octanol–water partition coefficient (Wildman–Crippen LogP) is 8.43. The Morgan fingerprint density at radius 1 is 0.896 bits per heavy atom. The van der Waals surface area contributed by atoms with Gasteiger partial charge in [-0.3, -0.25) is 9.80 Å². The number of ether oxygens (including phenoxy) is 1. The standard InChI is InChI=1S/C38H52N6O4/c1-34(2,3)38(13-9-21-44(38)32(45)46)31-40-23-27(41-31)25-10-7-11-26(22-25)36-14-17-37(18-15-36,19-16-36)29-24-39-30(42-29)28-12-8-20-43(28)33(47)48-35(4,5)6/h7,10-11,22-24,28H,8-9,12-21H2,1-6H3,(H,39,42)(H,40,41)(H,45,46). The van der Waals surface area contributed by atoms with Crippen molar-refractivity contribution in [1.82, 2.24) is 29.7 Å². The van der Waals surface area contributed by atoms with Crippen LogP contribution in [0.15, 0.2) is 36.7 Å². The van der Waals surface area contributed by atoms with Crippen LogP contribution < -0.4 is 0 Å². The van der Waals surface area contributed by atoms with Crippen LogP contribution in [0.3, 0.4) is 0 Å². The summed E-state index contributed by atoms with van der Waals surface area (Å²) in [6.07, 6.45) is 12.9. The SMILES string of the molecule is CC(C)(C)OC(=O)N1CCCC1c1ncc(C23CCC(c4cccc(-c5cnc(C6(C(C)(C)C)CCCN6C(=O)O)[nH]5)c4)(CC2)CC3)[nH]1. The molecule has 3 saturated carbocycles. The number of amides is 2. The Morgan fingerprint density at radius 2 is 1.60 bits per heavy atom. The van der Waals surface area contributed by atoms with Crippen LogP contribution in [0, 0.1) is 5.41 Å². The molecule has 1 aromatic carbocycles. The highest BCUT2D eigenvalue weighted by atomic mass is 16.6. The molecule has 3 N–H and O–H groups in total. The van der Waals surface area contributed by atoms with Gasteiger partial charge in [-0.05, 0) is 113 Å². The van der Waals surface area contributed by atoms with Crippen molar-refractivity contribution in [3.8, 4) is 11.3 Å². The average molecular weight is 657 g/mol. The van der Waals surface area contributed by atoms with Crippen LogP contribution in [0.4, 0.5) is 9.59 Å². The molecule has 10 heteroatoms. The molecular formula is C38H52N6O4. The quantitative estimate of drug-likeness (QED) is 0.253. The van der Waals surface area contributed by atoms with Crippen LogP contribution in [-0.2, 0) is 21.1 Å². The highest BCUT2D eigenvalue weighted by molar-refractivity contribution is 5.69.